The van der Waals surface area contributed by atoms with Gasteiger partial charge in [0.2, 0.25) is 6.41 Å². The van der Waals surface area contributed by atoms with Crippen LogP contribution in [-0.2, 0) is 4.79 Å². The van der Waals surface area contributed by atoms with Crippen LogP contribution in [-0.4, -0.2) is 68.6 Å². The van der Waals surface area contributed by atoms with Crippen LogP contribution in [0, 0.1) is 0 Å². The largest absolute Gasteiger partial charge is 0.495 e. The lowest BCUT2D eigenvalue weighted by atomic mass is 10.2. The zero-order valence-electron chi connectivity index (χ0n) is 17.8. The van der Waals surface area contributed by atoms with E-state index in [9.17, 15) is 9.59 Å². The van der Waals surface area contributed by atoms with Crippen LogP contribution in [0.4, 0.5) is 16.2 Å². The number of hydrogen-bond donors (Lipinski definition) is 1. The Labute approximate surface area is 188 Å². The third kappa shape index (κ3) is 6.52. The van der Waals surface area contributed by atoms with Crippen molar-refractivity contribution in [1.29, 1.82) is 0 Å². The van der Waals surface area contributed by atoms with Crippen LogP contribution >= 0.6 is 11.6 Å². The number of likely N-dealkylation sites (tertiary alicyclic amines) is 1. The van der Waals surface area contributed by atoms with Gasteiger partial charge in [-0.05, 0) is 49.2 Å². The van der Waals surface area contributed by atoms with Crippen molar-refractivity contribution in [3.8, 4) is 5.75 Å². The van der Waals surface area contributed by atoms with Gasteiger partial charge in [-0.3, -0.25) is 4.79 Å². The zero-order valence-corrected chi connectivity index (χ0v) is 18.6. The molecule has 3 amide bonds. The molecule has 0 bridgehead atoms. The molecule has 166 valence electrons. The number of nitrogens with one attached hydrogen (secondary N) is 1. The first-order valence-corrected chi connectivity index (χ1v) is 10.9. The van der Waals surface area contributed by atoms with E-state index >= 15 is 0 Å². The molecule has 2 aromatic carbocycles. The number of methoxy groups -OCH3 is 1. The Morgan fingerprint density at radius 1 is 0.968 bits per heavy atom. The molecule has 7 nitrogen and oxygen atoms in total. The van der Waals surface area contributed by atoms with E-state index < -0.39 is 0 Å². The van der Waals surface area contributed by atoms with Gasteiger partial charge in [0.25, 0.3) is 0 Å². The number of halogens is 1. The molecular formula is C23H29ClN4O3. The molecule has 0 atom stereocenters. The molecular weight excluding hydrogens is 416 g/mol. The van der Waals surface area contributed by atoms with Crippen LogP contribution in [0.2, 0.25) is 5.02 Å². The van der Waals surface area contributed by atoms with Crippen molar-refractivity contribution in [2.75, 3.05) is 56.6 Å². The molecule has 8 heteroatoms. The summed E-state index contributed by atoms with van der Waals surface area (Å²) in [6.07, 6.45) is 3.13. The molecule has 0 aliphatic carbocycles. The minimum absolute atomic E-state index is 0.0187. The fourth-order valence-electron chi connectivity index (χ4n) is 3.62. The van der Waals surface area contributed by atoms with Crippen LogP contribution in [0.3, 0.4) is 0 Å². The van der Waals surface area contributed by atoms with Gasteiger partial charge in [0, 0.05) is 50.0 Å². The predicted molar refractivity (Wildman–Crippen MR) is 124 cm³/mol. The highest BCUT2D eigenvalue weighted by atomic mass is 35.5. The summed E-state index contributed by atoms with van der Waals surface area (Å²) in [4.78, 5) is 28.2. The third-order valence-corrected chi connectivity index (χ3v) is 5.63. The van der Waals surface area contributed by atoms with E-state index in [0.29, 0.717) is 5.02 Å². The van der Waals surface area contributed by atoms with Gasteiger partial charge >= 0.3 is 6.03 Å². The average Bonchev–Trinajstić information content (AvgIpc) is 3.36. The molecule has 2 saturated heterocycles. The normalized spacial score (nSPS) is 15.7. The Kier molecular flexibility index (Phi) is 8.41. The van der Waals surface area contributed by atoms with Gasteiger partial charge in [-0.1, -0.05) is 23.7 Å². The van der Waals surface area contributed by atoms with E-state index in [1.54, 1.807) is 36.3 Å². The summed E-state index contributed by atoms with van der Waals surface area (Å²) in [5, 5.41) is 3.51. The van der Waals surface area contributed by atoms with Crippen LogP contribution in [0.25, 0.3) is 0 Å². The van der Waals surface area contributed by atoms with Crippen LogP contribution in [0.1, 0.15) is 12.8 Å². The molecule has 0 radical (unpaired) electrons. The number of anilines is 2. The highest BCUT2D eigenvalue weighted by molar-refractivity contribution is 6.30. The van der Waals surface area contributed by atoms with Crippen molar-refractivity contribution in [1.82, 2.24) is 9.80 Å². The van der Waals surface area contributed by atoms with Gasteiger partial charge in [-0.25, -0.2) is 4.79 Å². The van der Waals surface area contributed by atoms with Crippen LogP contribution < -0.4 is 15.0 Å². The highest BCUT2D eigenvalue weighted by Crippen LogP contribution is 2.28. The second-order valence-corrected chi connectivity index (χ2v) is 7.87. The third-order valence-electron chi connectivity index (χ3n) is 5.38. The van der Waals surface area contributed by atoms with E-state index in [1.807, 2.05) is 23.1 Å². The number of piperazine rings is 1. The number of urea groups is 1. The van der Waals surface area contributed by atoms with Crippen molar-refractivity contribution < 1.29 is 14.3 Å². The number of carbonyl (C=O) groups is 2. The van der Waals surface area contributed by atoms with Crippen molar-refractivity contribution in [2.45, 2.75) is 12.8 Å². The lowest BCUT2D eigenvalue weighted by molar-refractivity contribution is -0.118. The minimum Gasteiger partial charge on any atom is -0.495 e. The lowest BCUT2D eigenvalue weighted by Crippen LogP contribution is -2.45. The number of rotatable bonds is 4. The molecule has 31 heavy (non-hydrogen) atoms. The Balaban J connectivity index is 0.000000176. The van der Waals surface area contributed by atoms with E-state index in [0.717, 1.165) is 75.6 Å². The summed E-state index contributed by atoms with van der Waals surface area (Å²) in [6.45, 7) is 5.00. The monoisotopic (exact) mass is 444 g/mol. The van der Waals surface area contributed by atoms with Crippen molar-refractivity contribution in [2.24, 2.45) is 0 Å². The van der Waals surface area contributed by atoms with Gasteiger partial charge in [-0.2, -0.15) is 0 Å². The molecule has 2 heterocycles. The average molecular weight is 445 g/mol. The smallest absolute Gasteiger partial charge is 0.321 e. The number of hydrogen-bond acceptors (Lipinski definition) is 4. The van der Waals surface area contributed by atoms with Gasteiger partial charge in [-0.15, -0.1) is 0 Å². The lowest BCUT2D eigenvalue weighted by Gasteiger charge is -2.34. The van der Waals surface area contributed by atoms with Gasteiger partial charge < -0.3 is 24.8 Å². The number of ether oxygens (including phenoxy) is 1. The molecule has 2 aromatic rings. The number of amides is 3. The quantitative estimate of drug-likeness (QED) is 0.725. The maximum Gasteiger partial charge on any atom is 0.321 e. The van der Waals surface area contributed by atoms with Crippen molar-refractivity contribution >= 4 is 35.4 Å². The van der Waals surface area contributed by atoms with Gasteiger partial charge in [0.1, 0.15) is 5.75 Å². The second-order valence-electron chi connectivity index (χ2n) is 7.43. The molecule has 2 aliphatic heterocycles. The maximum atomic E-state index is 11.7. The Morgan fingerprint density at radius 2 is 1.61 bits per heavy atom. The van der Waals surface area contributed by atoms with E-state index in [1.165, 1.54) is 0 Å². The zero-order chi connectivity index (χ0) is 22.1. The van der Waals surface area contributed by atoms with Crippen molar-refractivity contribution in [3.63, 3.8) is 0 Å². The standard InChI is InChI=1S/C12H16N2O2.C11H13ClN2O/c1-16-12-5-3-2-4-11(12)14-8-6-13(10-15)7-9-14;12-9-3-5-10(6-4-9)13-11(15)14-7-1-2-8-14/h2-5,10H,6-9H2,1H3;3-6H,1-2,7-8H2,(H,13,15). The van der Waals surface area contributed by atoms with Gasteiger partial charge in [0.15, 0.2) is 0 Å². The molecule has 0 saturated carbocycles. The second kappa shape index (κ2) is 11.5. The summed E-state index contributed by atoms with van der Waals surface area (Å²) >= 11 is 5.75. The maximum absolute atomic E-state index is 11.7. The number of nitrogens with zero attached hydrogens (tertiary/aromatic N) is 3. The Bertz CT molecular complexity index is 848. The van der Waals surface area contributed by atoms with E-state index in [4.69, 9.17) is 16.3 Å². The summed E-state index contributed by atoms with van der Waals surface area (Å²) in [7, 11) is 1.68. The molecule has 4 rings (SSSR count). The van der Waals surface area contributed by atoms with Crippen LogP contribution in [0.5, 0.6) is 5.75 Å². The molecule has 0 unspecified atom stereocenters. The molecule has 0 spiro atoms. The first kappa shape index (κ1) is 22.7. The minimum atomic E-state index is -0.0187. The van der Waals surface area contributed by atoms with Crippen LogP contribution in [0.15, 0.2) is 48.5 Å². The van der Waals surface area contributed by atoms with E-state index in [2.05, 4.69) is 16.3 Å². The SMILES string of the molecule is COc1ccccc1N1CCN(C=O)CC1.O=C(Nc1ccc(Cl)cc1)N1CCCC1. The Morgan fingerprint density at radius 3 is 2.23 bits per heavy atom. The van der Waals surface area contributed by atoms with Gasteiger partial charge in [0.05, 0.1) is 12.8 Å². The summed E-state index contributed by atoms with van der Waals surface area (Å²) in [6, 6.07) is 15.1. The van der Waals surface area contributed by atoms with Crippen molar-refractivity contribution in [3.05, 3.63) is 53.6 Å². The number of carbonyl (C=O) groups excluding carboxylic acids is 2. The molecule has 1 N–H and O–H groups in total. The first-order valence-electron chi connectivity index (χ1n) is 10.5. The molecule has 2 aliphatic rings. The summed E-state index contributed by atoms with van der Waals surface area (Å²) in [5.41, 5.74) is 1.90. The Hall–Kier alpha value is -2.93. The summed E-state index contributed by atoms with van der Waals surface area (Å²) in [5.74, 6) is 0.891. The predicted octanol–water partition coefficient (Wildman–Crippen LogP) is 3.94. The fourth-order valence-corrected chi connectivity index (χ4v) is 3.74. The number of benzene rings is 2. The number of para-hydroxylation sites is 2. The first-order chi connectivity index (χ1) is 15.1. The molecule has 0 aromatic heterocycles. The molecule has 2 fully saturated rings. The summed E-state index contributed by atoms with van der Waals surface area (Å²) < 4.78 is 5.33. The fraction of sp³-hybridized carbons (Fsp3) is 0.391. The topological polar surface area (TPSA) is 65.1 Å². The van der Waals surface area contributed by atoms with E-state index in [-0.39, 0.29) is 6.03 Å². The highest BCUT2D eigenvalue weighted by Gasteiger charge is 2.18.